The van der Waals surface area contributed by atoms with Gasteiger partial charge in [-0.05, 0) is 53.4 Å². The highest BCUT2D eigenvalue weighted by atomic mass is 16.3. The van der Waals surface area contributed by atoms with Gasteiger partial charge in [-0.15, -0.1) is 0 Å². The zero-order valence-electron chi connectivity index (χ0n) is 15.9. The number of carbonyl (C=O) groups excluding carboxylic acids is 2. The molecule has 2 rings (SSSR count). The maximum atomic E-state index is 13.2. The molecule has 25 heavy (non-hydrogen) atoms. The Hall–Kier alpha value is -1.68. The van der Waals surface area contributed by atoms with E-state index in [2.05, 4.69) is 6.08 Å². The molecule has 0 saturated heterocycles. The lowest BCUT2D eigenvalue weighted by Gasteiger charge is -2.52. The average Bonchev–Trinajstić information content (AvgIpc) is 2.48. The van der Waals surface area contributed by atoms with Crippen molar-refractivity contribution in [3.05, 3.63) is 35.1 Å². The lowest BCUT2D eigenvalue weighted by Crippen LogP contribution is -2.60. The molecule has 4 nitrogen and oxygen atoms in total. The van der Waals surface area contributed by atoms with E-state index in [9.17, 15) is 19.8 Å². The Bertz CT molecular complexity index is 661. The standard InChI is InChI=1S/C21H30O4/c1-13(2)7-6-9-20(5)17(24)12-21(10-8-14(3)4)16(23)11-15(22)18(20)19(21)25/h7-8,11,17-18,23-24H,6,9-10,12H2,1-5H3. The van der Waals surface area contributed by atoms with Crippen LogP contribution in [0.25, 0.3) is 0 Å². The zero-order chi connectivity index (χ0) is 19.0. The van der Waals surface area contributed by atoms with Gasteiger partial charge < -0.3 is 10.2 Å². The van der Waals surface area contributed by atoms with Crippen LogP contribution in [-0.4, -0.2) is 27.9 Å². The number of ketones is 2. The summed E-state index contributed by atoms with van der Waals surface area (Å²) in [4.78, 5) is 25.8. The van der Waals surface area contributed by atoms with Gasteiger partial charge in [0, 0.05) is 11.5 Å². The first-order chi connectivity index (χ1) is 11.5. The van der Waals surface area contributed by atoms with Crippen molar-refractivity contribution >= 4 is 11.6 Å². The molecule has 1 fully saturated rings. The molecular weight excluding hydrogens is 316 g/mol. The van der Waals surface area contributed by atoms with Gasteiger partial charge in [-0.2, -0.15) is 0 Å². The van der Waals surface area contributed by atoms with Gasteiger partial charge in [0.05, 0.1) is 17.4 Å². The Balaban J connectivity index is 2.45. The summed E-state index contributed by atoms with van der Waals surface area (Å²) in [6.07, 6.45) is 6.12. The van der Waals surface area contributed by atoms with E-state index in [1.165, 1.54) is 11.6 Å². The van der Waals surface area contributed by atoms with Crippen molar-refractivity contribution in [2.75, 3.05) is 0 Å². The van der Waals surface area contributed by atoms with Gasteiger partial charge >= 0.3 is 0 Å². The summed E-state index contributed by atoms with van der Waals surface area (Å²) in [6, 6.07) is 0. The van der Waals surface area contributed by atoms with E-state index < -0.39 is 22.9 Å². The minimum absolute atomic E-state index is 0.160. The maximum Gasteiger partial charge on any atom is 0.170 e. The Kier molecular flexibility index (Phi) is 5.43. The Morgan fingerprint density at radius 1 is 1.20 bits per heavy atom. The molecule has 2 bridgehead atoms. The molecule has 4 unspecified atom stereocenters. The van der Waals surface area contributed by atoms with E-state index >= 15 is 0 Å². The third-order valence-corrected chi connectivity index (χ3v) is 5.84. The number of hydrogen-bond donors (Lipinski definition) is 2. The fourth-order valence-electron chi connectivity index (χ4n) is 4.12. The summed E-state index contributed by atoms with van der Waals surface area (Å²) >= 11 is 0. The fraction of sp³-hybridized carbons (Fsp3) is 0.619. The first-order valence-corrected chi connectivity index (χ1v) is 8.98. The van der Waals surface area contributed by atoms with Crippen LogP contribution in [0.15, 0.2) is 35.1 Å². The number of rotatable bonds is 5. The van der Waals surface area contributed by atoms with E-state index in [-0.39, 0.29) is 23.7 Å². The lowest BCUT2D eigenvalue weighted by molar-refractivity contribution is -0.163. The fourth-order valence-corrected chi connectivity index (χ4v) is 4.12. The number of fused-ring (bicyclic) bond motifs is 2. The smallest absolute Gasteiger partial charge is 0.170 e. The van der Waals surface area contributed by atoms with Crippen molar-refractivity contribution in [2.45, 2.75) is 66.4 Å². The van der Waals surface area contributed by atoms with Crippen LogP contribution in [0.4, 0.5) is 0 Å². The monoisotopic (exact) mass is 346 g/mol. The molecule has 0 amide bonds. The molecule has 0 aromatic rings. The van der Waals surface area contributed by atoms with Crippen molar-refractivity contribution in [3.63, 3.8) is 0 Å². The lowest BCUT2D eigenvalue weighted by atomic mass is 9.50. The summed E-state index contributed by atoms with van der Waals surface area (Å²) < 4.78 is 0. The van der Waals surface area contributed by atoms with Crippen LogP contribution in [0.2, 0.25) is 0 Å². The van der Waals surface area contributed by atoms with Gasteiger partial charge in [-0.3, -0.25) is 9.59 Å². The van der Waals surface area contributed by atoms with Crippen molar-refractivity contribution in [2.24, 2.45) is 16.7 Å². The minimum atomic E-state index is -1.16. The van der Waals surface area contributed by atoms with Gasteiger partial charge in [0.25, 0.3) is 0 Å². The number of hydrogen-bond acceptors (Lipinski definition) is 4. The van der Waals surface area contributed by atoms with Crippen LogP contribution in [0.1, 0.15) is 60.3 Å². The van der Waals surface area contributed by atoms with Crippen molar-refractivity contribution in [1.29, 1.82) is 0 Å². The molecule has 0 aromatic heterocycles. The number of carbonyl (C=O) groups is 2. The van der Waals surface area contributed by atoms with Crippen LogP contribution in [0.3, 0.4) is 0 Å². The molecular formula is C21H30O4. The van der Waals surface area contributed by atoms with Gasteiger partial charge in [0.2, 0.25) is 0 Å². The quantitative estimate of drug-likeness (QED) is 0.581. The van der Waals surface area contributed by atoms with Crippen molar-refractivity contribution < 1.29 is 19.8 Å². The van der Waals surface area contributed by atoms with E-state index in [1.807, 2.05) is 40.7 Å². The molecule has 138 valence electrons. The molecule has 1 saturated carbocycles. The average molecular weight is 346 g/mol. The summed E-state index contributed by atoms with van der Waals surface area (Å²) in [7, 11) is 0. The van der Waals surface area contributed by atoms with E-state index in [1.54, 1.807) is 0 Å². The zero-order valence-corrected chi connectivity index (χ0v) is 15.9. The predicted molar refractivity (Wildman–Crippen MR) is 98.1 cm³/mol. The van der Waals surface area contributed by atoms with Gasteiger partial charge in [0.15, 0.2) is 11.6 Å². The second-order valence-electron chi connectivity index (χ2n) is 8.34. The summed E-state index contributed by atoms with van der Waals surface area (Å²) in [6.45, 7) is 9.69. The molecule has 0 aliphatic heterocycles. The summed E-state index contributed by atoms with van der Waals surface area (Å²) in [5.41, 5.74) is 0.248. The number of allylic oxidation sites excluding steroid dienone is 6. The molecule has 2 aliphatic carbocycles. The van der Waals surface area contributed by atoms with Crippen LogP contribution in [0, 0.1) is 16.7 Å². The SMILES string of the molecule is CC(C)=CCCC1(C)C(O)CC2(CC=C(C)C)C(=O)C1C(=O)C=C2O. The highest BCUT2D eigenvalue weighted by Gasteiger charge is 2.63. The van der Waals surface area contributed by atoms with Crippen LogP contribution in [0.5, 0.6) is 0 Å². The summed E-state index contributed by atoms with van der Waals surface area (Å²) in [5.74, 6) is -1.70. The molecule has 0 radical (unpaired) electrons. The van der Waals surface area contributed by atoms with Crippen LogP contribution < -0.4 is 0 Å². The molecule has 0 heterocycles. The number of aliphatic hydroxyl groups excluding tert-OH is 2. The normalized spacial score (nSPS) is 34.4. The van der Waals surface area contributed by atoms with E-state index in [4.69, 9.17) is 0 Å². The third-order valence-electron chi connectivity index (χ3n) is 5.84. The second kappa shape index (κ2) is 6.91. The predicted octanol–water partition coefficient (Wildman–Crippen LogP) is 4.06. The van der Waals surface area contributed by atoms with Gasteiger partial charge in [-0.25, -0.2) is 0 Å². The van der Waals surface area contributed by atoms with E-state index in [0.717, 1.165) is 5.57 Å². The summed E-state index contributed by atoms with van der Waals surface area (Å²) in [5, 5.41) is 21.3. The largest absolute Gasteiger partial charge is 0.511 e. The highest BCUT2D eigenvalue weighted by molar-refractivity contribution is 6.14. The molecule has 0 aromatic carbocycles. The van der Waals surface area contributed by atoms with Crippen molar-refractivity contribution in [3.8, 4) is 0 Å². The molecule has 2 N–H and O–H groups in total. The highest BCUT2D eigenvalue weighted by Crippen LogP contribution is 2.56. The Morgan fingerprint density at radius 3 is 2.36 bits per heavy atom. The molecule has 2 aliphatic rings. The minimum Gasteiger partial charge on any atom is -0.511 e. The molecule has 4 atom stereocenters. The molecule has 0 spiro atoms. The van der Waals surface area contributed by atoms with Gasteiger partial charge in [-0.1, -0.05) is 30.2 Å². The first kappa shape index (κ1) is 19.6. The Morgan fingerprint density at radius 2 is 1.80 bits per heavy atom. The second-order valence-corrected chi connectivity index (χ2v) is 8.34. The number of aliphatic hydroxyl groups is 2. The van der Waals surface area contributed by atoms with E-state index in [0.29, 0.717) is 19.3 Å². The number of Topliss-reactive ketones (excluding diaryl/α,β-unsaturated/α-hetero) is 1. The van der Waals surface area contributed by atoms with Gasteiger partial charge in [0.1, 0.15) is 5.76 Å². The first-order valence-electron chi connectivity index (χ1n) is 8.98. The van der Waals surface area contributed by atoms with Crippen LogP contribution in [-0.2, 0) is 9.59 Å². The molecule has 4 heteroatoms. The Labute approximate surface area is 150 Å². The van der Waals surface area contributed by atoms with Crippen molar-refractivity contribution in [1.82, 2.24) is 0 Å². The maximum absolute atomic E-state index is 13.2. The topological polar surface area (TPSA) is 74.6 Å². The third kappa shape index (κ3) is 3.37. The van der Waals surface area contributed by atoms with Crippen LogP contribution >= 0.6 is 0 Å².